The van der Waals surface area contributed by atoms with Gasteiger partial charge in [0, 0.05) is 48.0 Å². The van der Waals surface area contributed by atoms with Gasteiger partial charge in [0.1, 0.15) is 11.5 Å². The van der Waals surface area contributed by atoms with Gasteiger partial charge in [-0.15, -0.1) is 11.3 Å². The lowest BCUT2D eigenvalue weighted by molar-refractivity contribution is 0.434. The average Bonchev–Trinajstić information content (AvgIpc) is 3.59. The third-order valence-electron chi connectivity index (χ3n) is 9.87. The quantitative estimate of drug-likeness (QED) is 0.183. The normalized spacial score (nSPS) is 13.0. The lowest BCUT2D eigenvalue weighted by atomic mass is 9.63. The van der Waals surface area contributed by atoms with Crippen LogP contribution < -0.4 is 4.74 Å². The van der Waals surface area contributed by atoms with Crippen molar-refractivity contribution in [2.45, 2.75) is 5.41 Å². The minimum Gasteiger partial charge on any atom is -0.457 e. The molecule has 9 aromatic rings. The molecular weight excluding hydrogens is 643 g/mol. The van der Waals surface area contributed by atoms with Crippen LogP contribution in [0.25, 0.3) is 54.3 Å². The summed E-state index contributed by atoms with van der Waals surface area (Å²) in [6, 6.07) is 61.4. The highest BCUT2D eigenvalue weighted by Gasteiger charge is 2.45. The highest BCUT2D eigenvalue weighted by atomic mass is 32.1. The third kappa shape index (κ3) is 4.78. The second-order valence-electron chi connectivity index (χ2n) is 12.8. The molecule has 0 amide bonds. The van der Waals surface area contributed by atoms with E-state index in [9.17, 15) is 0 Å². The first-order valence-electron chi connectivity index (χ1n) is 17.0. The van der Waals surface area contributed by atoms with Crippen LogP contribution in [-0.4, -0.2) is 15.0 Å². The number of benzene rings is 7. The Morgan fingerprint density at radius 3 is 1.65 bits per heavy atom. The smallest absolute Gasteiger partial charge is 0.164 e. The molecule has 0 unspecified atom stereocenters. The molecule has 0 saturated heterocycles. The van der Waals surface area contributed by atoms with Crippen molar-refractivity contribution in [3.8, 4) is 45.7 Å². The lowest BCUT2D eigenvalue weighted by Gasteiger charge is -2.41. The SMILES string of the molecule is c1ccc(-c2nc(-c3ccc4c(c3)C(c3ccccc3)(c3ccccc3)c3ccccc3O4)nc(-c3ccc4sc5ccccc5c4c3)n2)cc1. The molecule has 5 heteroatoms. The standard InChI is InChI=1S/C46H29N3OS/c1-4-14-30(15-5-1)43-47-44(31-25-27-42-36(28-31)35-20-10-13-23-41(35)51-42)49-45(48-43)32-24-26-40-38(29-32)46(33-16-6-2-7-17-33,34-18-8-3-9-19-34)37-21-11-12-22-39(37)50-40/h1-29H. The van der Waals surface area contributed by atoms with Crippen LogP contribution in [0.5, 0.6) is 11.5 Å². The van der Waals surface area contributed by atoms with E-state index in [1.165, 1.54) is 20.2 Å². The molecule has 0 atom stereocenters. The van der Waals surface area contributed by atoms with E-state index in [0.717, 1.165) is 50.4 Å². The van der Waals surface area contributed by atoms with E-state index in [-0.39, 0.29) is 0 Å². The second-order valence-corrected chi connectivity index (χ2v) is 13.9. The minimum absolute atomic E-state index is 0.603. The maximum absolute atomic E-state index is 6.67. The van der Waals surface area contributed by atoms with Gasteiger partial charge < -0.3 is 4.74 Å². The monoisotopic (exact) mass is 671 g/mol. The molecule has 240 valence electrons. The molecule has 51 heavy (non-hydrogen) atoms. The van der Waals surface area contributed by atoms with E-state index < -0.39 is 5.41 Å². The number of hydrogen-bond acceptors (Lipinski definition) is 5. The number of ether oxygens (including phenoxy) is 1. The van der Waals surface area contributed by atoms with E-state index in [2.05, 4.69) is 140 Å². The van der Waals surface area contributed by atoms with Crippen molar-refractivity contribution in [3.05, 3.63) is 198 Å². The Morgan fingerprint density at radius 1 is 0.392 bits per heavy atom. The van der Waals surface area contributed by atoms with E-state index in [4.69, 9.17) is 19.7 Å². The first-order chi connectivity index (χ1) is 25.3. The highest BCUT2D eigenvalue weighted by Crippen LogP contribution is 2.55. The molecule has 4 nitrogen and oxygen atoms in total. The number of thiophene rings is 1. The van der Waals surface area contributed by atoms with Gasteiger partial charge in [0.25, 0.3) is 0 Å². The van der Waals surface area contributed by atoms with Gasteiger partial charge in [-0.2, -0.15) is 0 Å². The van der Waals surface area contributed by atoms with E-state index in [1.54, 1.807) is 11.3 Å². The summed E-state index contributed by atoms with van der Waals surface area (Å²) in [5, 5.41) is 2.45. The maximum Gasteiger partial charge on any atom is 0.164 e. The first kappa shape index (κ1) is 29.5. The largest absolute Gasteiger partial charge is 0.457 e. The number of nitrogens with zero attached hydrogens (tertiary/aromatic N) is 3. The molecule has 0 aliphatic carbocycles. The summed E-state index contributed by atoms with van der Waals surface area (Å²) in [7, 11) is 0. The van der Waals surface area contributed by atoms with Crippen molar-refractivity contribution >= 4 is 31.5 Å². The van der Waals surface area contributed by atoms with Crippen LogP contribution in [0.3, 0.4) is 0 Å². The Kier molecular flexibility index (Phi) is 6.86. The van der Waals surface area contributed by atoms with Gasteiger partial charge in [0.15, 0.2) is 17.5 Å². The lowest BCUT2D eigenvalue weighted by Crippen LogP contribution is -2.34. The molecule has 0 fully saturated rings. The Labute approximate surface area is 299 Å². The number of para-hydroxylation sites is 1. The molecule has 10 rings (SSSR count). The van der Waals surface area contributed by atoms with Gasteiger partial charge in [0.2, 0.25) is 0 Å². The molecule has 0 radical (unpaired) electrons. The molecule has 0 spiro atoms. The molecule has 1 aliphatic heterocycles. The van der Waals surface area contributed by atoms with Crippen molar-refractivity contribution in [3.63, 3.8) is 0 Å². The van der Waals surface area contributed by atoms with Gasteiger partial charge in [0.05, 0.1) is 5.41 Å². The van der Waals surface area contributed by atoms with Crippen molar-refractivity contribution in [1.82, 2.24) is 15.0 Å². The maximum atomic E-state index is 6.67. The summed E-state index contributed by atoms with van der Waals surface area (Å²) in [6.07, 6.45) is 0. The Morgan fingerprint density at radius 2 is 0.922 bits per heavy atom. The minimum atomic E-state index is -0.647. The molecule has 0 N–H and O–H groups in total. The third-order valence-corrected chi connectivity index (χ3v) is 11.0. The molecule has 0 saturated carbocycles. The molecule has 7 aromatic carbocycles. The zero-order chi connectivity index (χ0) is 33.8. The van der Waals surface area contributed by atoms with E-state index in [0.29, 0.717) is 17.5 Å². The van der Waals surface area contributed by atoms with Crippen molar-refractivity contribution in [2.75, 3.05) is 0 Å². The fourth-order valence-electron chi connectivity index (χ4n) is 7.56. The summed E-state index contributed by atoms with van der Waals surface area (Å²) >= 11 is 1.80. The number of aromatic nitrogens is 3. The molecule has 3 heterocycles. The molecular formula is C46H29N3OS. The fourth-order valence-corrected chi connectivity index (χ4v) is 8.65. The van der Waals surface area contributed by atoms with Crippen LogP contribution in [0.4, 0.5) is 0 Å². The predicted octanol–water partition coefficient (Wildman–Crippen LogP) is 11.7. The number of rotatable bonds is 5. The van der Waals surface area contributed by atoms with Crippen LogP contribution in [-0.2, 0) is 5.41 Å². The Balaban J connectivity index is 1.22. The van der Waals surface area contributed by atoms with Crippen LogP contribution >= 0.6 is 11.3 Å². The van der Waals surface area contributed by atoms with Gasteiger partial charge >= 0.3 is 0 Å². The summed E-state index contributed by atoms with van der Waals surface area (Å²) in [6.45, 7) is 0. The zero-order valence-corrected chi connectivity index (χ0v) is 28.2. The second kappa shape index (κ2) is 11.9. The summed E-state index contributed by atoms with van der Waals surface area (Å²) in [5.41, 5.74) is 6.55. The van der Waals surface area contributed by atoms with Gasteiger partial charge in [-0.05, 0) is 59.7 Å². The molecule has 0 bridgehead atoms. The zero-order valence-electron chi connectivity index (χ0n) is 27.4. The van der Waals surface area contributed by atoms with E-state index in [1.807, 2.05) is 36.4 Å². The molecule has 1 aliphatic rings. The summed E-state index contributed by atoms with van der Waals surface area (Å²) < 4.78 is 9.18. The Hall–Kier alpha value is -6.43. The molecule has 2 aromatic heterocycles. The van der Waals surface area contributed by atoms with Gasteiger partial charge in [-0.3, -0.25) is 0 Å². The van der Waals surface area contributed by atoms with Crippen LogP contribution in [0.15, 0.2) is 176 Å². The van der Waals surface area contributed by atoms with Crippen molar-refractivity contribution in [2.24, 2.45) is 0 Å². The van der Waals surface area contributed by atoms with Gasteiger partial charge in [-0.25, -0.2) is 15.0 Å². The van der Waals surface area contributed by atoms with Crippen LogP contribution in [0.2, 0.25) is 0 Å². The number of fused-ring (bicyclic) bond motifs is 5. The van der Waals surface area contributed by atoms with Crippen molar-refractivity contribution in [1.29, 1.82) is 0 Å². The topological polar surface area (TPSA) is 47.9 Å². The average molecular weight is 672 g/mol. The fraction of sp³-hybridized carbons (Fsp3) is 0.0217. The van der Waals surface area contributed by atoms with Crippen LogP contribution in [0, 0.1) is 0 Å². The summed E-state index contributed by atoms with van der Waals surface area (Å²) in [5.74, 6) is 3.51. The van der Waals surface area contributed by atoms with Crippen molar-refractivity contribution < 1.29 is 4.74 Å². The highest BCUT2D eigenvalue weighted by molar-refractivity contribution is 7.25. The predicted molar refractivity (Wildman–Crippen MR) is 207 cm³/mol. The Bertz CT molecular complexity index is 2690. The van der Waals surface area contributed by atoms with E-state index >= 15 is 0 Å². The first-order valence-corrected chi connectivity index (χ1v) is 17.8. The summed E-state index contributed by atoms with van der Waals surface area (Å²) in [4.78, 5) is 15.4. The number of hydrogen-bond donors (Lipinski definition) is 0. The van der Waals surface area contributed by atoms with Gasteiger partial charge in [-0.1, -0.05) is 127 Å². The van der Waals surface area contributed by atoms with Crippen LogP contribution in [0.1, 0.15) is 22.3 Å².